The van der Waals surface area contributed by atoms with Crippen LogP contribution in [-0.4, -0.2) is 52.0 Å². The molecule has 2 aromatic rings. The van der Waals surface area contributed by atoms with E-state index in [1.54, 1.807) is 6.20 Å². The third-order valence-corrected chi connectivity index (χ3v) is 4.18. The number of aromatic nitrogens is 3. The van der Waals surface area contributed by atoms with Gasteiger partial charge in [0.05, 0.1) is 6.20 Å². The molecule has 2 unspecified atom stereocenters. The summed E-state index contributed by atoms with van der Waals surface area (Å²) in [7, 11) is 4.07. The Bertz CT molecular complexity index is 592. The van der Waals surface area contributed by atoms with Crippen molar-refractivity contribution in [3.05, 3.63) is 18.6 Å². The molecule has 6 nitrogen and oxygen atoms in total. The number of fused-ring (bicyclic) bond motifs is 1. The first-order chi connectivity index (χ1) is 9.67. The number of hydrogen-bond acceptors (Lipinski definition) is 5. The third kappa shape index (κ3) is 2.43. The first kappa shape index (κ1) is 13.2. The van der Waals surface area contributed by atoms with Crippen LogP contribution in [0.15, 0.2) is 18.6 Å². The smallest absolute Gasteiger partial charge is 0.180 e. The maximum atomic E-state index is 4.61. The van der Waals surface area contributed by atoms with Gasteiger partial charge in [-0.25, -0.2) is 9.97 Å². The van der Waals surface area contributed by atoms with E-state index < -0.39 is 0 Å². The maximum absolute atomic E-state index is 4.61. The molecule has 2 aromatic heterocycles. The summed E-state index contributed by atoms with van der Waals surface area (Å²) in [6, 6.07) is 1.06. The zero-order valence-electron chi connectivity index (χ0n) is 12.3. The predicted molar refractivity (Wildman–Crippen MR) is 81.3 cm³/mol. The van der Waals surface area contributed by atoms with Crippen LogP contribution < -0.4 is 10.6 Å². The van der Waals surface area contributed by atoms with Crippen molar-refractivity contribution in [2.45, 2.75) is 31.8 Å². The van der Waals surface area contributed by atoms with E-state index in [0.717, 1.165) is 36.7 Å². The van der Waals surface area contributed by atoms with Crippen molar-refractivity contribution in [3.63, 3.8) is 0 Å². The Balaban J connectivity index is 1.85. The fourth-order valence-corrected chi connectivity index (χ4v) is 2.76. The number of rotatable bonds is 3. The Morgan fingerprint density at radius 3 is 3.00 bits per heavy atom. The molecule has 20 heavy (non-hydrogen) atoms. The SMILES string of the molecule is CNc1cn2ccnc2c(NC2CCN(C)C(C)C2)n1. The van der Waals surface area contributed by atoms with Gasteiger partial charge >= 0.3 is 0 Å². The summed E-state index contributed by atoms with van der Waals surface area (Å²) in [6.07, 6.45) is 7.97. The monoisotopic (exact) mass is 274 g/mol. The molecule has 3 heterocycles. The number of hydrogen-bond donors (Lipinski definition) is 2. The van der Waals surface area contributed by atoms with E-state index in [1.807, 2.05) is 23.8 Å². The van der Waals surface area contributed by atoms with Gasteiger partial charge in [0.25, 0.3) is 0 Å². The van der Waals surface area contributed by atoms with E-state index in [4.69, 9.17) is 0 Å². The molecule has 0 bridgehead atoms. The van der Waals surface area contributed by atoms with Gasteiger partial charge in [-0.05, 0) is 26.8 Å². The summed E-state index contributed by atoms with van der Waals surface area (Å²) in [6.45, 7) is 3.39. The van der Waals surface area contributed by atoms with Crippen LogP contribution in [0.1, 0.15) is 19.8 Å². The van der Waals surface area contributed by atoms with Crippen molar-refractivity contribution >= 4 is 17.3 Å². The van der Waals surface area contributed by atoms with Crippen LogP contribution in [0.25, 0.3) is 5.65 Å². The quantitative estimate of drug-likeness (QED) is 0.891. The zero-order chi connectivity index (χ0) is 14.1. The van der Waals surface area contributed by atoms with E-state index >= 15 is 0 Å². The molecular weight excluding hydrogens is 252 g/mol. The zero-order valence-corrected chi connectivity index (χ0v) is 12.3. The Morgan fingerprint density at radius 1 is 1.40 bits per heavy atom. The van der Waals surface area contributed by atoms with Crippen LogP contribution in [0.3, 0.4) is 0 Å². The number of nitrogens with one attached hydrogen (secondary N) is 2. The molecule has 0 spiro atoms. The first-order valence-corrected chi connectivity index (χ1v) is 7.15. The molecule has 1 saturated heterocycles. The van der Waals surface area contributed by atoms with E-state index in [-0.39, 0.29) is 0 Å². The van der Waals surface area contributed by atoms with Gasteiger partial charge in [-0.1, -0.05) is 0 Å². The van der Waals surface area contributed by atoms with E-state index in [0.29, 0.717) is 12.1 Å². The topological polar surface area (TPSA) is 57.5 Å². The molecule has 2 N–H and O–H groups in total. The van der Waals surface area contributed by atoms with Crippen molar-refractivity contribution in [3.8, 4) is 0 Å². The lowest BCUT2D eigenvalue weighted by molar-refractivity contribution is 0.190. The van der Waals surface area contributed by atoms with Crippen LogP contribution in [0.4, 0.5) is 11.6 Å². The molecule has 0 saturated carbocycles. The summed E-state index contributed by atoms with van der Waals surface area (Å²) in [5.41, 5.74) is 0.885. The Kier molecular flexibility index (Phi) is 3.48. The van der Waals surface area contributed by atoms with Gasteiger partial charge in [0, 0.05) is 38.1 Å². The highest BCUT2D eigenvalue weighted by atomic mass is 15.2. The summed E-state index contributed by atoms with van der Waals surface area (Å²) in [4.78, 5) is 11.4. The number of nitrogens with zero attached hydrogens (tertiary/aromatic N) is 4. The van der Waals surface area contributed by atoms with Gasteiger partial charge in [-0.15, -0.1) is 0 Å². The minimum absolute atomic E-state index is 0.460. The molecular formula is C14H22N6. The van der Waals surface area contributed by atoms with Crippen molar-refractivity contribution < 1.29 is 0 Å². The summed E-state index contributed by atoms with van der Waals surface area (Å²) in [5, 5.41) is 6.67. The van der Waals surface area contributed by atoms with Crippen LogP contribution in [-0.2, 0) is 0 Å². The van der Waals surface area contributed by atoms with Crippen LogP contribution in [0, 0.1) is 0 Å². The predicted octanol–water partition coefficient (Wildman–Crippen LogP) is 1.67. The molecule has 108 valence electrons. The molecule has 0 radical (unpaired) electrons. The van der Waals surface area contributed by atoms with Crippen molar-refractivity contribution in [1.82, 2.24) is 19.3 Å². The second-order valence-corrected chi connectivity index (χ2v) is 5.58. The average molecular weight is 274 g/mol. The fraction of sp³-hybridized carbons (Fsp3) is 0.571. The second kappa shape index (κ2) is 5.28. The molecule has 1 fully saturated rings. The lowest BCUT2D eigenvalue weighted by Crippen LogP contribution is -2.42. The van der Waals surface area contributed by atoms with E-state index in [9.17, 15) is 0 Å². The Labute approximate surface area is 119 Å². The number of imidazole rings is 1. The molecule has 0 aromatic carbocycles. The molecule has 2 atom stereocenters. The molecule has 0 amide bonds. The van der Waals surface area contributed by atoms with Gasteiger partial charge in [0.15, 0.2) is 11.5 Å². The lowest BCUT2D eigenvalue weighted by Gasteiger charge is -2.35. The normalized spacial score (nSPS) is 23.9. The highest BCUT2D eigenvalue weighted by Crippen LogP contribution is 2.22. The van der Waals surface area contributed by atoms with Gasteiger partial charge in [0.1, 0.15) is 5.82 Å². The van der Waals surface area contributed by atoms with E-state index in [2.05, 4.69) is 39.5 Å². The number of anilines is 2. The summed E-state index contributed by atoms with van der Waals surface area (Å²) < 4.78 is 2.00. The van der Waals surface area contributed by atoms with Crippen LogP contribution in [0.5, 0.6) is 0 Å². The second-order valence-electron chi connectivity index (χ2n) is 5.58. The molecule has 3 rings (SSSR count). The Morgan fingerprint density at radius 2 is 2.25 bits per heavy atom. The highest BCUT2D eigenvalue weighted by Gasteiger charge is 2.23. The highest BCUT2D eigenvalue weighted by molar-refractivity contribution is 5.65. The molecule has 1 aliphatic heterocycles. The largest absolute Gasteiger partial charge is 0.372 e. The maximum Gasteiger partial charge on any atom is 0.180 e. The Hall–Kier alpha value is -1.82. The minimum Gasteiger partial charge on any atom is -0.372 e. The average Bonchev–Trinajstić information content (AvgIpc) is 2.91. The summed E-state index contributed by atoms with van der Waals surface area (Å²) >= 11 is 0. The molecule has 0 aliphatic carbocycles. The number of piperidine rings is 1. The van der Waals surface area contributed by atoms with Crippen LogP contribution >= 0.6 is 0 Å². The van der Waals surface area contributed by atoms with Gasteiger partial charge in [0.2, 0.25) is 0 Å². The molecule has 6 heteroatoms. The van der Waals surface area contributed by atoms with E-state index in [1.165, 1.54) is 0 Å². The fourth-order valence-electron chi connectivity index (χ4n) is 2.76. The molecule has 1 aliphatic rings. The van der Waals surface area contributed by atoms with Crippen molar-refractivity contribution in [2.75, 3.05) is 31.3 Å². The lowest BCUT2D eigenvalue weighted by atomic mass is 9.99. The standard InChI is InChI=1S/C14H22N6/c1-10-8-11(4-6-19(10)3)17-13-14-16-5-7-20(14)9-12(15-2)18-13/h5,7,9-11,15H,4,6,8H2,1-3H3,(H,17,18). The van der Waals surface area contributed by atoms with Crippen molar-refractivity contribution in [2.24, 2.45) is 0 Å². The first-order valence-electron chi connectivity index (χ1n) is 7.15. The third-order valence-electron chi connectivity index (χ3n) is 4.18. The van der Waals surface area contributed by atoms with Gasteiger partial charge < -0.3 is 19.9 Å². The van der Waals surface area contributed by atoms with Gasteiger partial charge in [-0.2, -0.15) is 0 Å². The summed E-state index contributed by atoms with van der Waals surface area (Å²) in [5.74, 6) is 1.71. The van der Waals surface area contributed by atoms with Crippen LogP contribution in [0.2, 0.25) is 0 Å². The van der Waals surface area contributed by atoms with Crippen molar-refractivity contribution in [1.29, 1.82) is 0 Å². The number of likely N-dealkylation sites (tertiary alicyclic amines) is 1. The van der Waals surface area contributed by atoms with Gasteiger partial charge in [-0.3, -0.25) is 0 Å². The minimum atomic E-state index is 0.460.